The molecule has 3 aromatic carbocycles. The minimum Gasteiger partial charge on any atom is -0.508 e. The van der Waals surface area contributed by atoms with E-state index in [9.17, 15) is 9.50 Å². The van der Waals surface area contributed by atoms with Crippen molar-refractivity contribution < 1.29 is 19.0 Å². The van der Waals surface area contributed by atoms with Crippen LogP contribution in [0.3, 0.4) is 0 Å². The number of phenolic OH excluding ortho intramolecular Hbond substituents is 1. The van der Waals surface area contributed by atoms with Crippen molar-refractivity contribution in [3.63, 3.8) is 0 Å². The van der Waals surface area contributed by atoms with Gasteiger partial charge in [0.1, 0.15) is 18.1 Å². The van der Waals surface area contributed by atoms with Crippen LogP contribution in [0.1, 0.15) is 41.5 Å². The summed E-state index contributed by atoms with van der Waals surface area (Å²) in [6, 6.07) is 17.2. The Hall–Kier alpha value is -3.51. The van der Waals surface area contributed by atoms with E-state index in [0.717, 1.165) is 49.4 Å². The van der Waals surface area contributed by atoms with Crippen LogP contribution < -0.4 is 14.4 Å². The van der Waals surface area contributed by atoms with Crippen LogP contribution in [0.4, 0.5) is 10.1 Å². The molecule has 1 aliphatic carbocycles. The molecule has 38 heavy (non-hydrogen) atoms. The van der Waals surface area contributed by atoms with E-state index in [1.54, 1.807) is 25.3 Å². The normalized spacial score (nSPS) is 14.7. The molecule has 0 heterocycles. The number of nitrogens with zero attached hydrogens (tertiary/aromatic N) is 2. The molecule has 3 aromatic rings. The van der Waals surface area contributed by atoms with Crippen molar-refractivity contribution in [3.8, 4) is 17.2 Å². The maximum atomic E-state index is 14.9. The number of fused-ring (bicyclic) bond motifs is 1. The summed E-state index contributed by atoms with van der Waals surface area (Å²) in [6.45, 7) is 9.08. The number of methoxy groups -OCH3 is 1. The van der Waals surface area contributed by atoms with E-state index in [1.807, 2.05) is 37.4 Å². The van der Waals surface area contributed by atoms with Crippen LogP contribution in [-0.2, 0) is 19.4 Å². The van der Waals surface area contributed by atoms with E-state index in [4.69, 9.17) is 9.47 Å². The molecule has 4 rings (SSSR count). The summed E-state index contributed by atoms with van der Waals surface area (Å²) in [4.78, 5) is 4.35. The summed E-state index contributed by atoms with van der Waals surface area (Å²) < 4.78 is 26.2. The zero-order chi connectivity index (χ0) is 27.1. The number of halogens is 1. The molecule has 0 radical (unpaired) electrons. The third-order valence-electron chi connectivity index (χ3n) is 7.36. The number of aromatic hydroxyl groups is 1. The molecule has 0 saturated carbocycles. The number of likely N-dealkylation sites (N-methyl/N-ethyl adjacent to an activating group) is 1. The standard InChI is InChI=1S/C32H39FN2O3/c1-5-15-34(3)16-17-38-32-14-7-23(18-30(32)33)22-35(6-2)31-21-28(37-4)12-13-29(31)26-9-8-25-20-27(36)11-10-24(25)19-26/h5,7,10-14,18,20-21,26,36H,1,6,8-9,15-17,19,22H2,2-4H3. The average Bonchev–Trinajstić information content (AvgIpc) is 2.92. The number of ether oxygens (including phenoxy) is 2. The first-order valence-electron chi connectivity index (χ1n) is 13.4. The van der Waals surface area contributed by atoms with Gasteiger partial charge in [-0.1, -0.05) is 24.3 Å². The number of hydrogen-bond acceptors (Lipinski definition) is 5. The fourth-order valence-corrected chi connectivity index (χ4v) is 5.25. The lowest BCUT2D eigenvalue weighted by Gasteiger charge is -2.32. The van der Waals surface area contributed by atoms with Gasteiger partial charge in [-0.25, -0.2) is 4.39 Å². The number of rotatable bonds is 12. The predicted molar refractivity (Wildman–Crippen MR) is 152 cm³/mol. The summed E-state index contributed by atoms with van der Waals surface area (Å²) in [5, 5.41) is 9.88. The first-order valence-corrected chi connectivity index (χ1v) is 13.4. The van der Waals surface area contributed by atoms with Crippen molar-refractivity contribution in [2.75, 3.05) is 45.3 Å². The highest BCUT2D eigenvalue weighted by Gasteiger charge is 2.25. The molecule has 0 aromatic heterocycles. The molecule has 202 valence electrons. The van der Waals surface area contributed by atoms with Gasteiger partial charge in [0.05, 0.1) is 7.11 Å². The predicted octanol–water partition coefficient (Wildman–Crippen LogP) is 6.34. The number of hydrogen-bond donors (Lipinski definition) is 1. The number of phenols is 1. The van der Waals surface area contributed by atoms with Crippen LogP contribution >= 0.6 is 0 Å². The molecule has 0 saturated heterocycles. The van der Waals surface area contributed by atoms with Crippen LogP contribution in [0.25, 0.3) is 0 Å². The van der Waals surface area contributed by atoms with Crippen molar-refractivity contribution in [1.82, 2.24) is 4.90 Å². The Bertz CT molecular complexity index is 1250. The Labute approximate surface area is 226 Å². The lowest BCUT2D eigenvalue weighted by atomic mass is 9.79. The Kier molecular flexibility index (Phi) is 9.29. The highest BCUT2D eigenvalue weighted by molar-refractivity contribution is 5.60. The fourth-order valence-electron chi connectivity index (χ4n) is 5.25. The van der Waals surface area contributed by atoms with Gasteiger partial charge in [0.15, 0.2) is 11.6 Å². The Morgan fingerprint density at radius 3 is 2.68 bits per heavy atom. The maximum Gasteiger partial charge on any atom is 0.165 e. The SMILES string of the molecule is C=CCN(C)CCOc1ccc(CN(CC)c2cc(OC)ccc2C2CCc3cc(O)ccc3C2)cc1F. The van der Waals surface area contributed by atoms with E-state index in [0.29, 0.717) is 31.4 Å². The molecule has 1 aliphatic rings. The third kappa shape index (κ3) is 6.67. The van der Waals surface area contributed by atoms with Gasteiger partial charge in [-0.15, -0.1) is 6.58 Å². The molecule has 0 bridgehead atoms. The van der Waals surface area contributed by atoms with Crippen LogP contribution in [0.5, 0.6) is 17.2 Å². The quantitative estimate of drug-likeness (QED) is 0.284. The second kappa shape index (κ2) is 12.8. The second-order valence-electron chi connectivity index (χ2n) is 10.00. The molecule has 5 nitrogen and oxygen atoms in total. The fraction of sp³-hybridized carbons (Fsp3) is 0.375. The molecular formula is C32H39FN2O3. The topological polar surface area (TPSA) is 45.2 Å². The zero-order valence-electron chi connectivity index (χ0n) is 22.8. The van der Waals surface area contributed by atoms with E-state index in [-0.39, 0.29) is 11.6 Å². The smallest absolute Gasteiger partial charge is 0.165 e. The van der Waals surface area contributed by atoms with Crippen LogP contribution in [-0.4, -0.2) is 50.4 Å². The summed E-state index contributed by atoms with van der Waals surface area (Å²) in [7, 11) is 3.66. The molecule has 1 unspecified atom stereocenters. The highest BCUT2D eigenvalue weighted by Crippen LogP contribution is 2.40. The molecule has 6 heteroatoms. The van der Waals surface area contributed by atoms with Gasteiger partial charge < -0.3 is 19.5 Å². The highest BCUT2D eigenvalue weighted by atomic mass is 19.1. The Balaban J connectivity index is 1.52. The summed E-state index contributed by atoms with van der Waals surface area (Å²) in [5.74, 6) is 1.42. The first kappa shape index (κ1) is 27.5. The van der Waals surface area contributed by atoms with Gasteiger partial charge in [-0.05, 0) is 91.7 Å². The zero-order valence-corrected chi connectivity index (χ0v) is 22.8. The van der Waals surface area contributed by atoms with E-state index >= 15 is 0 Å². The minimum absolute atomic E-state index is 0.276. The van der Waals surface area contributed by atoms with Crippen LogP contribution in [0.15, 0.2) is 67.3 Å². The van der Waals surface area contributed by atoms with Gasteiger partial charge in [0, 0.05) is 37.9 Å². The first-order chi connectivity index (χ1) is 18.4. The van der Waals surface area contributed by atoms with Crippen LogP contribution in [0, 0.1) is 5.82 Å². The van der Waals surface area contributed by atoms with Gasteiger partial charge in [0.2, 0.25) is 0 Å². The van der Waals surface area contributed by atoms with Crippen molar-refractivity contribution in [2.45, 2.75) is 38.6 Å². The number of aryl methyl sites for hydroxylation is 1. The van der Waals surface area contributed by atoms with Crippen molar-refractivity contribution in [3.05, 3.63) is 95.3 Å². The molecule has 1 N–H and O–H groups in total. The lowest BCUT2D eigenvalue weighted by molar-refractivity contribution is 0.242. The Morgan fingerprint density at radius 1 is 1.11 bits per heavy atom. The van der Waals surface area contributed by atoms with E-state index in [1.165, 1.54) is 16.7 Å². The minimum atomic E-state index is -0.345. The second-order valence-corrected chi connectivity index (χ2v) is 10.00. The third-order valence-corrected chi connectivity index (χ3v) is 7.36. The molecular weight excluding hydrogens is 479 g/mol. The van der Waals surface area contributed by atoms with Crippen molar-refractivity contribution >= 4 is 5.69 Å². The number of anilines is 1. The number of benzene rings is 3. The lowest BCUT2D eigenvalue weighted by Crippen LogP contribution is -2.25. The maximum absolute atomic E-state index is 14.9. The average molecular weight is 519 g/mol. The summed E-state index contributed by atoms with van der Waals surface area (Å²) >= 11 is 0. The summed E-state index contributed by atoms with van der Waals surface area (Å²) in [5.41, 5.74) is 5.80. The Morgan fingerprint density at radius 2 is 1.95 bits per heavy atom. The molecule has 1 atom stereocenters. The van der Waals surface area contributed by atoms with Gasteiger partial charge in [-0.2, -0.15) is 0 Å². The molecule has 0 spiro atoms. The van der Waals surface area contributed by atoms with Gasteiger partial charge in [0.25, 0.3) is 0 Å². The summed E-state index contributed by atoms with van der Waals surface area (Å²) in [6.07, 6.45) is 4.70. The monoisotopic (exact) mass is 518 g/mol. The van der Waals surface area contributed by atoms with E-state index < -0.39 is 0 Å². The molecule has 0 amide bonds. The van der Waals surface area contributed by atoms with Crippen molar-refractivity contribution in [2.24, 2.45) is 0 Å². The van der Waals surface area contributed by atoms with Gasteiger partial charge >= 0.3 is 0 Å². The van der Waals surface area contributed by atoms with Crippen LogP contribution in [0.2, 0.25) is 0 Å². The molecule has 0 aliphatic heterocycles. The molecule has 0 fully saturated rings. The van der Waals surface area contributed by atoms with E-state index in [2.05, 4.69) is 35.4 Å². The van der Waals surface area contributed by atoms with Crippen molar-refractivity contribution in [1.29, 1.82) is 0 Å². The largest absolute Gasteiger partial charge is 0.508 e. The van der Waals surface area contributed by atoms with Gasteiger partial charge in [-0.3, -0.25) is 4.90 Å².